The van der Waals surface area contributed by atoms with E-state index in [1.54, 1.807) is 6.07 Å². The Morgan fingerprint density at radius 1 is 1.21 bits per heavy atom. The first-order chi connectivity index (χ1) is 16.0. The maximum absolute atomic E-state index is 14.5. The number of benzene rings is 2. The van der Waals surface area contributed by atoms with Gasteiger partial charge in [-0.1, -0.05) is 17.3 Å². The van der Waals surface area contributed by atoms with E-state index in [-0.39, 0.29) is 30.3 Å². The number of hydrogen-bond donors (Lipinski definition) is 1. The third-order valence-corrected chi connectivity index (χ3v) is 5.67. The van der Waals surface area contributed by atoms with Crippen molar-refractivity contribution in [1.82, 2.24) is 5.16 Å². The quantitative estimate of drug-likeness (QED) is 0.412. The van der Waals surface area contributed by atoms with Gasteiger partial charge in [0.1, 0.15) is 23.9 Å². The van der Waals surface area contributed by atoms with Crippen molar-refractivity contribution < 1.29 is 33.0 Å². The summed E-state index contributed by atoms with van der Waals surface area (Å²) < 4.78 is 36.7. The number of aliphatic carboxylic acids is 1. The zero-order chi connectivity index (χ0) is 23.4. The van der Waals surface area contributed by atoms with Gasteiger partial charge in [0, 0.05) is 0 Å². The first kappa shape index (κ1) is 22.6. The number of rotatable bonds is 11. The number of ether oxygens (including phenoxy) is 3. The number of nitrogens with zero attached hydrogens (tertiary/aromatic N) is 1. The summed E-state index contributed by atoms with van der Waals surface area (Å²) in [5.74, 6) is 0.613. The number of halogens is 1. The molecule has 0 radical (unpaired) electrons. The van der Waals surface area contributed by atoms with Crippen LogP contribution in [-0.4, -0.2) is 29.9 Å². The van der Waals surface area contributed by atoms with E-state index in [0.29, 0.717) is 35.5 Å². The summed E-state index contributed by atoms with van der Waals surface area (Å²) in [6.07, 6.45) is 2.19. The van der Waals surface area contributed by atoms with Crippen LogP contribution in [0.3, 0.4) is 0 Å². The zero-order valence-electron chi connectivity index (χ0n) is 18.5. The van der Waals surface area contributed by atoms with Gasteiger partial charge in [0.15, 0.2) is 11.4 Å². The van der Waals surface area contributed by atoms with Gasteiger partial charge in [-0.25, -0.2) is 4.39 Å². The molecule has 7 nitrogen and oxygen atoms in total. The first-order valence-corrected chi connectivity index (χ1v) is 10.9. The van der Waals surface area contributed by atoms with Gasteiger partial charge in [-0.3, -0.25) is 4.79 Å². The highest BCUT2D eigenvalue weighted by molar-refractivity contribution is 5.68. The smallest absolute Gasteiger partial charge is 0.303 e. The Morgan fingerprint density at radius 2 is 2.03 bits per heavy atom. The molecule has 1 aliphatic rings. The molecule has 0 bridgehead atoms. The number of carboxylic acids is 1. The second-order valence-corrected chi connectivity index (χ2v) is 7.97. The molecule has 0 amide bonds. The average molecular weight is 455 g/mol. The molecule has 0 saturated heterocycles. The minimum Gasteiger partial charge on any atom is -0.497 e. The van der Waals surface area contributed by atoms with Crippen molar-refractivity contribution in [1.29, 1.82) is 0 Å². The fourth-order valence-electron chi connectivity index (χ4n) is 3.91. The lowest BCUT2D eigenvalue weighted by molar-refractivity contribution is -0.137. The summed E-state index contributed by atoms with van der Waals surface area (Å²) in [5, 5.41) is 13.3. The van der Waals surface area contributed by atoms with E-state index in [4.69, 9.17) is 18.7 Å². The number of aromatic nitrogens is 1. The second kappa shape index (κ2) is 9.94. The van der Waals surface area contributed by atoms with Crippen molar-refractivity contribution in [2.24, 2.45) is 5.92 Å². The van der Waals surface area contributed by atoms with Crippen molar-refractivity contribution in [2.45, 2.75) is 38.7 Å². The number of carboxylic acid groups (broad SMARTS) is 1. The molecule has 8 heteroatoms. The largest absolute Gasteiger partial charge is 0.497 e. The van der Waals surface area contributed by atoms with Crippen LogP contribution in [0.2, 0.25) is 0 Å². The predicted molar refractivity (Wildman–Crippen MR) is 118 cm³/mol. The Bertz CT molecular complexity index is 1120. The zero-order valence-corrected chi connectivity index (χ0v) is 18.5. The van der Waals surface area contributed by atoms with E-state index < -0.39 is 11.8 Å². The molecule has 1 aromatic heterocycles. The van der Waals surface area contributed by atoms with E-state index in [1.165, 1.54) is 25.3 Å². The third-order valence-electron chi connectivity index (χ3n) is 5.67. The summed E-state index contributed by atoms with van der Waals surface area (Å²) in [4.78, 5) is 11.3. The molecule has 1 saturated carbocycles. The Kier molecular flexibility index (Phi) is 6.82. The standard InChI is InChI=1S/C25H26FNO6/c1-3-31-25-22(27-33-24(25)20-12-17(30-2)9-10-21(20)26)14-32-18-6-4-5-16(11-18)19(13-23(28)29)15-7-8-15/h4-6,9-12,15,19H,3,7-8,13-14H2,1-2H3,(H,28,29)/t19-/m0/s1. The van der Waals surface area contributed by atoms with Crippen molar-refractivity contribution in [2.75, 3.05) is 13.7 Å². The lowest BCUT2D eigenvalue weighted by Gasteiger charge is -2.16. The summed E-state index contributed by atoms with van der Waals surface area (Å²) in [6, 6.07) is 11.8. The van der Waals surface area contributed by atoms with Crippen LogP contribution in [0.15, 0.2) is 47.0 Å². The second-order valence-electron chi connectivity index (χ2n) is 7.97. The summed E-state index contributed by atoms with van der Waals surface area (Å²) >= 11 is 0. The average Bonchev–Trinajstić information content (AvgIpc) is 3.58. The van der Waals surface area contributed by atoms with Gasteiger partial charge in [-0.2, -0.15) is 0 Å². The van der Waals surface area contributed by atoms with Gasteiger partial charge < -0.3 is 23.8 Å². The van der Waals surface area contributed by atoms with Crippen molar-refractivity contribution in [3.63, 3.8) is 0 Å². The van der Waals surface area contributed by atoms with Gasteiger partial charge in [-0.05, 0) is 67.5 Å². The summed E-state index contributed by atoms with van der Waals surface area (Å²) in [7, 11) is 1.50. The Hall–Kier alpha value is -3.55. The van der Waals surface area contributed by atoms with E-state index in [2.05, 4.69) is 5.16 Å². The number of carbonyl (C=O) groups is 1. The highest BCUT2D eigenvalue weighted by Crippen LogP contribution is 2.45. The van der Waals surface area contributed by atoms with Crippen molar-refractivity contribution in [3.8, 4) is 28.6 Å². The summed E-state index contributed by atoms with van der Waals surface area (Å²) in [6.45, 7) is 2.19. The fourth-order valence-corrected chi connectivity index (χ4v) is 3.91. The van der Waals surface area contributed by atoms with Gasteiger partial charge in [0.25, 0.3) is 0 Å². The third kappa shape index (κ3) is 5.27. The van der Waals surface area contributed by atoms with E-state index in [0.717, 1.165) is 18.4 Å². The van der Waals surface area contributed by atoms with Crippen molar-refractivity contribution in [3.05, 3.63) is 59.5 Å². The Morgan fingerprint density at radius 3 is 2.73 bits per heavy atom. The molecule has 1 heterocycles. The Labute approximate surface area is 191 Å². The van der Waals surface area contributed by atoms with Crippen LogP contribution in [0.4, 0.5) is 4.39 Å². The molecule has 33 heavy (non-hydrogen) atoms. The molecule has 174 valence electrons. The number of methoxy groups -OCH3 is 1. The molecular formula is C25H26FNO6. The van der Waals surface area contributed by atoms with Gasteiger partial charge in [0.2, 0.25) is 5.76 Å². The van der Waals surface area contributed by atoms with E-state index in [9.17, 15) is 14.3 Å². The van der Waals surface area contributed by atoms with Crippen LogP contribution in [-0.2, 0) is 11.4 Å². The fraction of sp³-hybridized carbons (Fsp3) is 0.360. The lowest BCUT2D eigenvalue weighted by Crippen LogP contribution is -2.08. The molecule has 1 atom stereocenters. The topological polar surface area (TPSA) is 91.0 Å². The number of hydrogen-bond acceptors (Lipinski definition) is 6. The maximum atomic E-state index is 14.5. The van der Waals surface area contributed by atoms with E-state index in [1.807, 2.05) is 25.1 Å². The van der Waals surface area contributed by atoms with Crippen molar-refractivity contribution >= 4 is 5.97 Å². The van der Waals surface area contributed by atoms with Crippen LogP contribution in [0.1, 0.15) is 43.4 Å². The SMILES string of the molecule is CCOc1c(COc2cccc([C@@H](CC(=O)O)C3CC3)c2)noc1-c1cc(OC)ccc1F. The monoisotopic (exact) mass is 455 g/mol. The molecule has 0 aliphatic heterocycles. The molecule has 3 aromatic rings. The molecule has 1 N–H and O–H groups in total. The molecule has 0 spiro atoms. The Balaban J connectivity index is 1.55. The van der Waals surface area contributed by atoms with Crippen LogP contribution >= 0.6 is 0 Å². The van der Waals surface area contributed by atoms with Gasteiger partial charge in [0.05, 0.1) is 25.7 Å². The van der Waals surface area contributed by atoms with Gasteiger partial charge >= 0.3 is 5.97 Å². The molecule has 1 aliphatic carbocycles. The van der Waals surface area contributed by atoms with E-state index >= 15 is 0 Å². The molecule has 2 aromatic carbocycles. The van der Waals surface area contributed by atoms with Gasteiger partial charge in [-0.15, -0.1) is 0 Å². The minimum atomic E-state index is -0.806. The van der Waals surface area contributed by atoms with Crippen LogP contribution < -0.4 is 14.2 Å². The normalized spacial score (nSPS) is 14.0. The minimum absolute atomic E-state index is 0.0280. The predicted octanol–water partition coefficient (Wildman–Crippen LogP) is 5.44. The molecule has 4 rings (SSSR count). The molecule has 0 unspecified atom stereocenters. The van der Waals surface area contributed by atoms with Crippen LogP contribution in [0.5, 0.6) is 17.2 Å². The molecular weight excluding hydrogens is 429 g/mol. The highest BCUT2D eigenvalue weighted by atomic mass is 19.1. The first-order valence-electron chi connectivity index (χ1n) is 10.9. The van der Waals surface area contributed by atoms with Crippen LogP contribution in [0, 0.1) is 11.7 Å². The highest BCUT2D eigenvalue weighted by Gasteiger charge is 2.34. The molecule has 1 fully saturated rings. The lowest BCUT2D eigenvalue weighted by atomic mass is 9.91. The summed E-state index contributed by atoms with van der Waals surface area (Å²) in [5.41, 5.74) is 1.52. The maximum Gasteiger partial charge on any atom is 0.303 e. The van der Waals surface area contributed by atoms with Crippen LogP contribution in [0.25, 0.3) is 11.3 Å².